The van der Waals surface area contributed by atoms with Crippen molar-refractivity contribution in [2.24, 2.45) is 0 Å². The highest BCUT2D eigenvalue weighted by Crippen LogP contribution is 2.21. The summed E-state index contributed by atoms with van der Waals surface area (Å²) in [7, 11) is 0. The molecule has 1 rings (SSSR count). The first kappa shape index (κ1) is 8.16. The third kappa shape index (κ3) is 1.99. The molecule has 0 unspecified atom stereocenters. The highest BCUT2D eigenvalue weighted by atomic mass is 35.5. The van der Waals surface area contributed by atoms with Crippen LogP contribution in [0.5, 0.6) is 6.01 Å². The lowest BCUT2D eigenvalue weighted by Crippen LogP contribution is -2.03. The number of ether oxygens (including phenoxy) is 1. The maximum absolute atomic E-state index is 9.92. The average Bonchev–Trinajstić information content (AvgIpc) is 2.10. The summed E-state index contributed by atoms with van der Waals surface area (Å²) in [6, 6.07) is -0.243. The van der Waals surface area contributed by atoms with Gasteiger partial charge in [0.05, 0.1) is 0 Å². The molecule has 0 amide bonds. The van der Waals surface area contributed by atoms with Crippen LogP contribution >= 0.6 is 23.2 Å². The lowest BCUT2D eigenvalue weighted by molar-refractivity contribution is 0.141. The van der Waals surface area contributed by atoms with Crippen LogP contribution in [0.15, 0.2) is 0 Å². The van der Waals surface area contributed by atoms with Gasteiger partial charge < -0.3 is 9.84 Å². The van der Waals surface area contributed by atoms with E-state index in [0.717, 1.165) is 0 Å². The van der Waals surface area contributed by atoms with Gasteiger partial charge in [0.2, 0.25) is 0 Å². The van der Waals surface area contributed by atoms with E-state index in [1.807, 2.05) is 0 Å². The molecular formula is C4H2Cl2N2O3. The van der Waals surface area contributed by atoms with Crippen LogP contribution in [-0.4, -0.2) is 21.2 Å². The fraction of sp³-hybridized carbons (Fsp3) is 0. The van der Waals surface area contributed by atoms with E-state index in [2.05, 4.69) is 14.7 Å². The molecule has 11 heavy (non-hydrogen) atoms. The third-order valence-electron chi connectivity index (χ3n) is 0.781. The van der Waals surface area contributed by atoms with Gasteiger partial charge in [-0.15, -0.1) is 0 Å². The molecule has 0 spiro atoms. The molecule has 2 N–H and O–H groups in total. The van der Waals surface area contributed by atoms with E-state index >= 15 is 0 Å². The SMILES string of the molecule is O=C(O)Oc1nc(Cl)c(Cl)[nH]1. The minimum Gasteiger partial charge on any atom is -0.449 e. The summed E-state index contributed by atoms with van der Waals surface area (Å²) in [6.45, 7) is 0. The van der Waals surface area contributed by atoms with Crippen LogP contribution in [0.25, 0.3) is 0 Å². The minimum absolute atomic E-state index is 0.0251. The first-order valence-electron chi connectivity index (χ1n) is 2.41. The number of carboxylic acid groups (broad SMARTS) is 1. The Balaban J connectivity index is 2.81. The maximum Gasteiger partial charge on any atom is 0.513 e. The standard InChI is InChI=1S/C4H2Cl2N2O3/c5-1-2(6)8-3(7-1)11-4(9)10/h(H,7,8)(H,9,10). The predicted octanol–water partition coefficient (Wildman–Crippen LogP) is 1.77. The number of imidazole rings is 1. The van der Waals surface area contributed by atoms with Crippen molar-refractivity contribution in [1.82, 2.24) is 9.97 Å². The second-order valence-electron chi connectivity index (χ2n) is 1.51. The van der Waals surface area contributed by atoms with Gasteiger partial charge in [-0.25, -0.2) is 4.79 Å². The summed E-state index contributed by atoms with van der Waals surface area (Å²) in [5.41, 5.74) is 0. The van der Waals surface area contributed by atoms with Crippen LogP contribution in [0.1, 0.15) is 0 Å². The molecule has 0 fully saturated rings. The third-order valence-corrected chi connectivity index (χ3v) is 1.43. The zero-order chi connectivity index (χ0) is 8.43. The molecule has 0 saturated heterocycles. The summed E-state index contributed by atoms with van der Waals surface area (Å²) in [6.07, 6.45) is -1.48. The van der Waals surface area contributed by atoms with E-state index in [-0.39, 0.29) is 16.3 Å². The van der Waals surface area contributed by atoms with E-state index in [9.17, 15) is 4.79 Å². The number of aromatic nitrogens is 2. The van der Waals surface area contributed by atoms with Crippen LogP contribution in [-0.2, 0) is 0 Å². The zero-order valence-corrected chi connectivity index (χ0v) is 6.48. The second-order valence-corrected chi connectivity index (χ2v) is 2.25. The number of hydrogen-bond acceptors (Lipinski definition) is 3. The molecule has 1 heterocycles. The number of nitrogens with one attached hydrogen (secondary N) is 1. The van der Waals surface area contributed by atoms with Gasteiger partial charge in [0, 0.05) is 0 Å². The zero-order valence-electron chi connectivity index (χ0n) is 4.97. The van der Waals surface area contributed by atoms with Crippen LogP contribution in [0.3, 0.4) is 0 Å². The number of halogens is 2. The van der Waals surface area contributed by atoms with Gasteiger partial charge in [-0.2, -0.15) is 4.98 Å². The lowest BCUT2D eigenvalue weighted by Gasteiger charge is -1.89. The van der Waals surface area contributed by atoms with Crippen molar-refractivity contribution in [2.75, 3.05) is 0 Å². The Labute approximate surface area is 70.9 Å². The first-order valence-corrected chi connectivity index (χ1v) is 3.17. The van der Waals surface area contributed by atoms with E-state index in [4.69, 9.17) is 28.3 Å². The molecule has 0 atom stereocenters. The van der Waals surface area contributed by atoms with Gasteiger partial charge in [-0.05, 0) is 0 Å². The van der Waals surface area contributed by atoms with E-state index < -0.39 is 6.16 Å². The number of rotatable bonds is 1. The monoisotopic (exact) mass is 196 g/mol. The van der Waals surface area contributed by atoms with Crippen molar-refractivity contribution in [2.45, 2.75) is 0 Å². The van der Waals surface area contributed by atoms with Gasteiger partial charge in [-0.1, -0.05) is 23.2 Å². The lowest BCUT2D eigenvalue weighted by atomic mass is 10.9. The van der Waals surface area contributed by atoms with Crippen molar-refractivity contribution in [3.05, 3.63) is 10.3 Å². The summed E-state index contributed by atoms with van der Waals surface area (Å²) in [4.78, 5) is 15.6. The first-order chi connectivity index (χ1) is 5.09. The van der Waals surface area contributed by atoms with Gasteiger partial charge >= 0.3 is 12.2 Å². The Kier molecular flexibility index (Phi) is 2.21. The molecule has 5 nitrogen and oxygen atoms in total. The molecule has 0 radical (unpaired) electrons. The van der Waals surface area contributed by atoms with Crippen LogP contribution in [0.4, 0.5) is 4.79 Å². The highest BCUT2D eigenvalue weighted by Gasteiger charge is 2.09. The predicted molar refractivity (Wildman–Crippen MR) is 37.3 cm³/mol. The molecular weight excluding hydrogens is 195 g/mol. The molecule has 0 aliphatic heterocycles. The normalized spacial score (nSPS) is 9.64. The van der Waals surface area contributed by atoms with E-state index in [0.29, 0.717) is 0 Å². The number of aromatic amines is 1. The van der Waals surface area contributed by atoms with Crippen molar-refractivity contribution in [1.29, 1.82) is 0 Å². The topological polar surface area (TPSA) is 75.2 Å². The maximum atomic E-state index is 9.92. The summed E-state index contributed by atoms with van der Waals surface area (Å²) in [5, 5.41) is 8.12. The summed E-state index contributed by atoms with van der Waals surface area (Å²) in [5.74, 6) is 0. The van der Waals surface area contributed by atoms with Crippen LogP contribution < -0.4 is 4.74 Å². The fourth-order valence-corrected chi connectivity index (χ4v) is 0.690. The van der Waals surface area contributed by atoms with Crippen molar-refractivity contribution >= 4 is 29.4 Å². The Bertz CT molecular complexity index is 265. The Hall–Kier alpha value is -0.940. The molecule has 1 aromatic rings. The molecule has 1 aromatic heterocycles. The molecule has 60 valence electrons. The number of hydrogen-bond donors (Lipinski definition) is 2. The fourth-order valence-electron chi connectivity index (χ4n) is 0.443. The molecule has 0 aromatic carbocycles. The molecule has 7 heteroatoms. The second kappa shape index (κ2) is 2.98. The van der Waals surface area contributed by atoms with Crippen LogP contribution in [0.2, 0.25) is 10.3 Å². The Morgan fingerprint density at radius 3 is 2.64 bits per heavy atom. The molecule has 0 bridgehead atoms. The van der Waals surface area contributed by atoms with Gasteiger partial charge in [0.25, 0.3) is 0 Å². The van der Waals surface area contributed by atoms with Gasteiger partial charge in [0.1, 0.15) is 5.15 Å². The smallest absolute Gasteiger partial charge is 0.449 e. The van der Waals surface area contributed by atoms with Crippen molar-refractivity contribution in [3.8, 4) is 6.01 Å². The number of H-pyrrole nitrogens is 1. The number of carbonyl (C=O) groups is 1. The van der Waals surface area contributed by atoms with Crippen LogP contribution in [0, 0.1) is 0 Å². The summed E-state index contributed by atoms with van der Waals surface area (Å²) >= 11 is 10.8. The largest absolute Gasteiger partial charge is 0.513 e. The Morgan fingerprint density at radius 2 is 2.27 bits per heavy atom. The molecule has 0 saturated carbocycles. The molecule has 0 aliphatic rings. The van der Waals surface area contributed by atoms with Crippen molar-refractivity contribution < 1.29 is 14.6 Å². The minimum atomic E-state index is -1.48. The van der Waals surface area contributed by atoms with E-state index in [1.54, 1.807) is 0 Å². The highest BCUT2D eigenvalue weighted by molar-refractivity contribution is 6.40. The van der Waals surface area contributed by atoms with Gasteiger partial charge in [0.15, 0.2) is 5.15 Å². The summed E-state index contributed by atoms with van der Waals surface area (Å²) < 4.78 is 4.10. The van der Waals surface area contributed by atoms with E-state index in [1.165, 1.54) is 0 Å². The quantitative estimate of drug-likeness (QED) is 0.672. The van der Waals surface area contributed by atoms with Gasteiger partial charge in [-0.3, -0.25) is 4.98 Å². The average molecular weight is 197 g/mol. The Morgan fingerprint density at radius 1 is 1.64 bits per heavy atom. The van der Waals surface area contributed by atoms with Crippen molar-refractivity contribution in [3.63, 3.8) is 0 Å². The molecule has 0 aliphatic carbocycles. The number of nitrogens with zero attached hydrogens (tertiary/aromatic N) is 1.